The summed E-state index contributed by atoms with van der Waals surface area (Å²) in [6.07, 6.45) is 4.10. The first-order valence-electron chi connectivity index (χ1n) is 8.63. The molecule has 0 fully saturated rings. The van der Waals surface area contributed by atoms with E-state index in [9.17, 15) is 9.18 Å². The van der Waals surface area contributed by atoms with Crippen LogP contribution in [0.2, 0.25) is 0 Å². The Morgan fingerprint density at radius 3 is 3.00 bits per heavy atom. The van der Waals surface area contributed by atoms with E-state index in [-0.39, 0.29) is 17.8 Å². The van der Waals surface area contributed by atoms with Crippen molar-refractivity contribution >= 4 is 5.91 Å². The van der Waals surface area contributed by atoms with Crippen LogP contribution in [0.4, 0.5) is 4.39 Å². The third-order valence-electron chi connectivity index (χ3n) is 4.34. The molecule has 0 aliphatic carbocycles. The molecule has 1 aromatic carbocycles. The van der Waals surface area contributed by atoms with Gasteiger partial charge in [-0.3, -0.25) is 4.79 Å². The SMILES string of the molecule is Cc1ccoc1C(=O)NCCCN[C@H]1CCCOc2ccc(F)cc21. The predicted molar refractivity (Wildman–Crippen MR) is 92.3 cm³/mol. The van der Waals surface area contributed by atoms with Crippen LogP contribution in [0.5, 0.6) is 5.75 Å². The van der Waals surface area contributed by atoms with Gasteiger partial charge in [0.25, 0.3) is 5.91 Å². The Kier molecular flexibility index (Phi) is 5.71. The molecule has 25 heavy (non-hydrogen) atoms. The average Bonchev–Trinajstić information content (AvgIpc) is 2.93. The second-order valence-electron chi connectivity index (χ2n) is 6.22. The Bertz CT molecular complexity index is 729. The summed E-state index contributed by atoms with van der Waals surface area (Å²) in [6, 6.07) is 6.49. The Morgan fingerprint density at radius 2 is 2.20 bits per heavy atom. The van der Waals surface area contributed by atoms with E-state index in [1.54, 1.807) is 18.2 Å². The van der Waals surface area contributed by atoms with Gasteiger partial charge in [-0.2, -0.15) is 0 Å². The number of halogens is 1. The predicted octanol–water partition coefficient (Wildman–Crippen LogP) is 3.35. The Morgan fingerprint density at radius 1 is 1.32 bits per heavy atom. The van der Waals surface area contributed by atoms with E-state index in [4.69, 9.17) is 9.15 Å². The minimum absolute atomic E-state index is 0.0659. The largest absolute Gasteiger partial charge is 0.493 e. The molecular weight excluding hydrogens is 323 g/mol. The van der Waals surface area contributed by atoms with Gasteiger partial charge in [-0.25, -0.2) is 4.39 Å². The second-order valence-corrected chi connectivity index (χ2v) is 6.22. The minimum atomic E-state index is -0.253. The van der Waals surface area contributed by atoms with E-state index in [1.807, 2.05) is 6.92 Å². The number of aryl methyl sites for hydroxylation is 1. The maximum Gasteiger partial charge on any atom is 0.287 e. The summed E-state index contributed by atoms with van der Waals surface area (Å²) in [7, 11) is 0. The third kappa shape index (κ3) is 4.39. The summed E-state index contributed by atoms with van der Waals surface area (Å²) in [4.78, 5) is 12.0. The van der Waals surface area contributed by atoms with Gasteiger partial charge in [0.15, 0.2) is 5.76 Å². The molecule has 1 atom stereocenters. The molecular formula is C19H23FN2O3. The molecule has 2 N–H and O–H groups in total. The molecule has 6 heteroatoms. The highest BCUT2D eigenvalue weighted by Gasteiger charge is 2.20. The van der Waals surface area contributed by atoms with Gasteiger partial charge in [-0.15, -0.1) is 0 Å². The first-order chi connectivity index (χ1) is 12.1. The molecule has 0 unspecified atom stereocenters. The van der Waals surface area contributed by atoms with Crippen LogP contribution < -0.4 is 15.4 Å². The van der Waals surface area contributed by atoms with Gasteiger partial charge in [0.2, 0.25) is 0 Å². The van der Waals surface area contributed by atoms with E-state index in [1.165, 1.54) is 12.3 Å². The maximum atomic E-state index is 13.6. The van der Waals surface area contributed by atoms with Crippen molar-refractivity contribution in [2.75, 3.05) is 19.7 Å². The van der Waals surface area contributed by atoms with Crippen molar-refractivity contribution < 1.29 is 18.3 Å². The Hall–Kier alpha value is -2.34. The van der Waals surface area contributed by atoms with Crippen LogP contribution in [-0.2, 0) is 0 Å². The second kappa shape index (κ2) is 8.16. The summed E-state index contributed by atoms with van der Waals surface area (Å²) in [6.45, 7) is 3.75. The zero-order valence-electron chi connectivity index (χ0n) is 14.3. The average molecular weight is 346 g/mol. The van der Waals surface area contributed by atoms with Gasteiger partial charge in [0.05, 0.1) is 12.9 Å². The number of rotatable bonds is 6. The van der Waals surface area contributed by atoms with Crippen LogP contribution in [-0.4, -0.2) is 25.6 Å². The maximum absolute atomic E-state index is 13.6. The van der Waals surface area contributed by atoms with Crippen molar-refractivity contribution in [1.82, 2.24) is 10.6 Å². The number of fused-ring (bicyclic) bond motifs is 1. The molecule has 2 aromatic rings. The summed E-state index contributed by atoms with van der Waals surface area (Å²) in [5.74, 6) is 0.659. The number of amides is 1. The van der Waals surface area contributed by atoms with Crippen LogP contribution in [0.25, 0.3) is 0 Å². The van der Waals surface area contributed by atoms with E-state index in [0.717, 1.165) is 42.7 Å². The Balaban J connectivity index is 1.47. The summed E-state index contributed by atoms with van der Waals surface area (Å²) >= 11 is 0. The number of furan rings is 1. The van der Waals surface area contributed by atoms with Gasteiger partial charge < -0.3 is 19.8 Å². The molecule has 1 aliphatic rings. The van der Waals surface area contributed by atoms with Crippen LogP contribution in [0.15, 0.2) is 34.9 Å². The van der Waals surface area contributed by atoms with Crippen molar-refractivity contribution in [2.45, 2.75) is 32.2 Å². The summed E-state index contributed by atoms with van der Waals surface area (Å²) in [5, 5.41) is 6.29. The topological polar surface area (TPSA) is 63.5 Å². The van der Waals surface area contributed by atoms with Crippen LogP contribution >= 0.6 is 0 Å². The number of hydrogen-bond donors (Lipinski definition) is 2. The van der Waals surface area contributed by atoms with Crippen molar-refractivity contribution in [3.8, 4) is 5.75 Å². The molecule has 134 valence electrons. The van der Waals surface area contributed by atoms with E-state index >= 15 is 0 Å². The highest BCUT2D eigenvalue weighted by atomic mass is 19.1. The lowest BCUT2D eigenvalue weighted by molar-refractivity contribution is 0.0924. The van der Waals surface area contributed by atoms with E-state index in [0.29, 0.717) is 18.9 Å². The van der Waals surface area contributed by atoms with E-state index in [2.05, 4.69) is 10.6 Å². The number of hydrogen-bond acceptors (Lipinski definition) is 4. The van der Waals surface area contributed by atoms with Crippen LogP contribution in [0, 0.1) is 12.7 Å². The molecule has 0 spiro atoms. The molecule has 0 saturated heterocycles. The van der Waals surface area contributed by atoms with Gasteiger partial charge in [-0.05, 0) is 57.0 Å². The van der Waals surface area contributed by atoms with Crippen LogP contribution in [0.3, 0.4) is 0 Å². The fraction of sp³-hybridized carbons (Fsp3) is 0.421. The van der Waals surface area contributed by atoms with Crippen molar-refractivity contribution in [1.29, 1.82) is 0 Å². The highest BCUT2D eigenvalue weighted by Crippen LogP contribution is 2.31. The quantitative estimate of drug-likeness (QED) is 0.788. The third-order valence-corrected chi connectivity index (χ3v) is 4.34. The fourth-order valence-corrected chi connectivity index (χ4v) is 3.01. The molecule has 0 bridgehead atoms. The molecule has 2 heterocycles. The summed E-state index contributed by atoms with van der Waals surface area (Å²) < 4.78 is 24.4. The van der Waals surface area contributed by atoms with Gasteiger partial charge >= 0.3 is 0 Å². The van der Waals surface area contributed by atoms with Gasteiger partial charge in [0, 0.05) is 23.7 Å². The zero-order chi connectivity index (χ0) is 17.6. The lowest BCUT2D eigenvalue weighted by Crippen LogP contribution is -2.29. The monoisotopic (exact) mass is 346 g/mol. The van der Waals surface area contributed by atoms with Gasteiger partial charge in [0.1, 0.15) is 11.6 Å². The fourth-order valence-electron chi connectivity index (χ4n) is 3.01. The lowest BCUT2D eigenvalue weighted by atomic mass is 10.0. The van der Waals surface area contributed by atoms with Crippen LogP contribution in [0.1, 0.15) is 47.0 Å². The minimum Gasteiger partial charge on any atom is -0.493 e. The zero-order valence-corrected chi connectivity index (χ0v) is 14.3. The molecule has 5 nitrogen and oxygen atoms in total. The first kappa shape index (κ1) is 17.5. The number of nitrogens with one attached hydrogen (secondary N) is 2. The summed E-state index contributed by atoms with van der Waals surface area (Å²) in [5.41, 5.74) is 1.69. The number of benzene rings is 1. The molecule has 1 amide bonds. The van der Waals surface area contributed by atoms with E-state index < -0.39 is 0 Å². The number of ether oxygens (including phenoxy) is 1. The van der Waals surface area contributed by atoms with Crippen molar-refractivity contribution in [3.63, 3.8) is 0 Å². The van der Waals surface area contributed by atoms with Crippen molar-refractivity contribution in [3.05, 3.63) is 53.2 Å². The number of carbonyl (C=O) groups is 1. The molecule has 1 aliphatic heterocycles. The molecule has 0 radical (unpaired) electrons. The smallest absolute Gasteiger partial charge is 0.287 e. The normalized spacial score (nSPS) is 16.6. The van der Waals surface area contributed by atoms with Gasteiger partial charge in [-0.1, -0.05) is 0 Å². The Labute approximate surface area is 146 Å². The molecule has 0 saturated carbocycles. The molecule has 3 rings (SSSR count). The lowest BCUT2D eigenvalue weighted by Gasteiger charge is -2.18. The number of carbonyl (C=O) groups excluding carboxylic acids is 1. The van der Waals surface area contributed by atoms with Crippen molar-refractivity contribution in [2.24, 2.45) is 0 Å². The molecule has 1 aromatic heterocycles. The first-order valence-corrected chi connectivity index (χ1v) is 8.63. The highest BCUT2D eigenvalue weighted by molar-refractivity contribution is 5.92. The standard InChI is InChI=1S/C19H23FN2O3/c1-13-7-11-25-18(13)19(23)22-9-3-8-21-16-4-2-10-24-17-6-5-14(20)12-15(16)17/h5-7,11-12,16,21H,2-4,8-10H2,1H3,(H,22,23)/t16-/m0/s1.